The maximum absolute atomic E-state index is 12.4. The maximum Gasteiger partial charge on any atom is 0.471 e. The van der Waals surface area contributed by atoms with Crippen molar-refractivity contribution in [1.82, 2.24) is 4.90 Å². The van der Waals surface area contributed by atoms with E-state index in [1.54, 1.807) is 12.1 Å². The van der Waals surface area contributed by atoms with E-state index in [0.29, 0.717) is 6.42 Å². The molecule has 2 rings (SSSR count). The largest absolute Gasteiger partial charge is 0.471 e. The van der Waals surface area contributed by atoms with Gasteiger partial charge < -0.3 is 9.64 Å². The highest BCUT2D eigenvalue weighted by Crippen LogP contribution is 2.25. The summed E-state index contributed by atoms with van der Waals surface area (Å²) in [7, 11) is 0. The normalized spacial score (nSPS) is 15.1. The van der Waals surface area contributed by atoms with Crippen molar-refractivity contribution in [1.29, 1.82) is 0 Å². The molecular weight excluding hydrogens is 311 g/mol. The third-order valence-electron chi connectivity index (χ3n) is 3.21. The number of benzene rings is 1. The average molecular weight is 322 g/mol. The van der Waals surface area contributed by atoms with Gasteiger partial charge in [-0.1, -0.05) is 6.07 Å². The van der Waals surface area contributed by atoms with Gasteiger partial charge >= 0.3 is 17.5 Å². The fourth-order valence-corrected chi connectivity index (χ4v) is 2.33. The molecule has 8 heteroatoms. The second-order valence-electron chi connectivity index (χ2n) is 4.56. The van der Waals surface area contributed by atoms with Crippen molar-refractivity contribution >= 4 is 22.9 Å². The van der Waals surface area contributed by atoms with E-state index in [0.717, 1.165) is 16.0 Å². The summed E-state index contributed by atoms with van der Waals surface area (Å²) >= 11 is 5.10. The Hall–Kier alpha value is -1.76. The Bertz CT molecular complexity index is 574. The van der Waals surface area contributed by atoms with Crippen LogP contribution in [0.5, 0.6) is 5.75 Å². The molecule has 1 amide bonds. The minimum Gasteiger partial charge on any atom is -0.414 e. The van der Waals surface area contributed by atoms with Crippen molar-refractivity contribution in [3.63, 3.8) is 0 Å². The van der Waals surface area contributed by atoms with Gasteiger partial charge in [-0.15, -0.1) is 0 Å². The number of alkyl halides is 3. The Morgan fingerprint density at radius 1 is 1.14 bits per heavy atom. The van der Waals surface area contributed by atoms with Gasteiger partial charge in [0, 0.05) is 24.7 Å². The van der Waals surface area contributed by atoms with Crippen LogP contribution in [0.25, 0.3) is 0 Å². The smallest absolute Gasteiger partial charge is 0.414 e. The van der Waals surface area contributed by atoms with E-state index in [1.807, 2.05) is 0 Å². The van der Waals surface area contributed by atoms with Crippen LogP contribution in [0, 0.1) is 0 Å². The monoisotopic (exact) mass is 321 g/mol. The third kappa shape index (κ3) is 3.87. The number of ether oxygens (including phenoxy) is 1. The van der Waals surface area contributed by atoms with Gasteiger partial charge in [-0.25, -0.2) is 4.79 Å². The third-order valence-corrected chi connectivity index (χ3v) is 3.28. The van der Waals surface area contributed by atoms with E-state index in [9.17, 15) is 22.8 Å². The van der Waals surface area contributed by atoms with Gasteiger partial charge in [0.25, 0.3) is 0 Å². The molecule has 4 nitrogen and oxygen atoms in total. The summed E-state index contributed by atoms with van der Waals surface area (Å²) < 4.78 is 42.0. The first-order chi connectivity index (χ1) is 9.77. The van der Waals surface area contributed by atoms with Gasteiger partial charge in [-0.3, -0.25) is 4.79 Å². The first-order valence-corrected chi connectivity index (χ1v) is 6.50. The number of carbonyl (C=O) groups excluding carboxylic acids is 2. The highest BCUT2D eigenvalue weighted by Gasteiger charge is 2.42. The highest BCUT2D eigenvalue weighted by molar-refractivity contribution is 6.61. The second-order valence-corrected chi connectivity index (χ2v) is 4.87. The standard InChI is InChI=1S/C13H11ClF3NO3/c14-12(20)21-10-2-1-8-3-5-18(6-4-9(8)7-10)11(19)13(15,16)17/h1-2,7H,3-6H2. The molecule has 0 radical (unpaired) electrons. The zero-order valence-electron chi connectivity index (χ0n) is 10.7. The molecule has 0 bridgehead atoms. The molecule has 0 aliphatic carbocycles. The fraction of sp³-hybridized carbons (Fsp3) is 0.385. The Balaban J connectivity index is 2.14. The molecule has 1 aliphatic rings. The lowest BCUT2D eigenvalue weighted by Crippen LogP contribution is -2.42. The molecule has 0 N–H and O–H groups in total. The Morgan fingerprint density at radius 2 is 1.76 bits per heavy atom. The van der Waals surface area contributed by atoms with Crippen LogP contribution in [0.3, 0.4) is 0 Å². The number of nitrogens with zero attached hydrogens (tertiary/aromatic N) is 1. The number of amides is 1. The number of fused-ring (bicyclic) bond motifs is 1. The van der Waals surface area contributed by atoms with Crippen LogP contribution in [0.2, 0.25) is 0 Å². The summed E-state index contributed by atoms with van der Waals surface area (Å²) in [4.78, 5) is 22.7. The second kappa shape index (κ2) is 5.93. The predicted molar refractivity (Wildman–Crippen MR) is 68.4 cm³/mol. The van der Waals surface area contributed by atoms with Gasteiger partial charge in [-0.2, -0.15) is 13.2 Å². The maximum atomic E-state index is 12.4. The highest BCUT2D eigenvalue weighted by atomic mass is 35.5. The van der Waals surface area contributed by atoms with E-state index >= 15 is 0 Å². The molecule has 1 aromatic rings. The number of hydrogen-bond acceptors (Lipinski definition) is 3. The first kappa shape index (κ1) is 15.6. The van der Waals surface area contributed by atoms with E-state index in [1.165, 1.54) is 6.07 Å². The molecule has 1 aliphatic heterocycles. The molecule has 1 aromatic carbocycles. The number of hydrogen-bond donors (Lipinski definition) is 0. The molecule has 0 saturated carbocycles. The van der Waals surface area contributed by atoms with Gasteiger partial charge in [0.05, 0.1) is 0 Å². The predicted octanol–water partition coefficient (Wildman–Crippen LogP) is 2.91. The summed E-state index contributed by atoms with van der Waals surface area (Å²) in [6, 6.07) is 4.73. The van der Waals surface area contributed by atoms with E-state index in [2.05, 4.69) is 0 Å². The molecule has 0 fully saturated rings. The van der Waals surface area contributed by atoms with Gasteiger partial charge in [0.15, 0.2) is 0 Å². The molecule has 0 aromatic heterocycles. The fourth-order valence-electron chi connectivity index (χ4n) is 2.24. The van der Waals surface area contributed by atoms with Gasteiger partial charge in [0.2, 0.25) is 0 Å². The number of carbonyl (C=O) groups is 2. The summed E-state index contributed by atoms with van der Waals surface area (Å²) in [5.74, 6) is -1.60. The molecular formula is C13H11ClF3NO3. The van der Waals surface area contributed by atoms with E-state index < -0.39 is 17.5 Å². The lowest BCUT2D eigenvalue weighted by molar-refractivity contribution is -0.185. The molecule has 1 heterocycles. The van der Waals surface area contributed by atoms with Crippen molar-refractivity contribution < 1.29 is 27.5 Å². The zero-order valence-corrected chi connectivity index (χ0v) is 11.5. The molecule has 0 saturated heterocycles. The van der Waals surface area contributed by atoms with Gasteiger partial charge in [0.1, 0.15) is 5.75 Å². The molecule has 114 valence electrons. The van der Waals surface area contributed by atoms with Crippen LogP contribution in [-0.2, 0) is 17.6 Å². The van der Waals surface area contributed by atoms with Crippen LogP contribution in [0.4, 0.5) is 18.0 Å². The minimum absolute atomic E-state index is 0.0000160. The summed E-state index contributed by atoms with van der Waals surface area (Å²) in [5.41, 5.74) is 0.571. The lowest BCUT2D eigenvalue weighted by Gasteiger charge is -2.21. The molecule has 21 heavy (non-hydrogen) atoms. The topological polar surface area (TPSA) is 46.6 Å². The average Bonchev–Trinajstić information content (AvgIpc) is 2.58. The van der Waals surface area contributed by atoms with Crippen molar-refractivity contribution in [2.75, 3.05) is 13.1 Å². The minimum atomic E-state index is -4.87. The zero-order chi connectivity index (χ0) is 15.6. The SMILES string of the molecule is O=C(Cl)Oc1ccc2c(c1)CCN(C(=O)C(F)(F)F)CC2. The summed E-state index contributed by atoms with van der Waals surface area (Å²) in [6.45, 7) is -0.0381. The molecule has 0 spiro atoms. The van der Waals surface area contributed by atoms with Crippen molar-refractivity contribution in [3.8, 4) is 5.75 Å². The number of halogens is 4. The molecule has 0 unspecified atom stereocenters. The molecule has 0 atom stereocenters. The van der Waals surface area contributed by atoms with E-state index in [-0.39, 0.29) is 25.3 Å². The van der Waals surface area contributed by atoms with Crippen LogP contribution in [0.1, 0.15) is 11.1 Å². The van der Waals surface area contributed by atoms with Crippen LogP contribution < -0.4 is 4.74 Å². The summed E-state index contributed by atoms with van der Waals surface area (Å²) in [6.07, 6.45) is -4.30. The van der Waals surface area contributed by atoms with Crippen LogP contribution in [0.15, 0.2) is 18.2 Å². The van der Waals surface area contributed by atoms with Crippen molar-refractivity contribution in [3.05, 3.63) is 29.3 Å². The quantitative estimate of drug-likeness (QED) is 0.747. The van der Waals surface area contributed by atoms with E-state index in [4.69, 9.17) is 16.3 Å². The van der Waals surface area contributed by atoms with Crippen LogP contribution in [-0.4, -0.2) is 35.5 Å². The Labute approximate surface area is 123 Å². The Kier molecular flexibility index (Phi) is 4.41. The van der Waals surface area contributed by atoms with Crippen LogP contribution >= 0.6 is 11.6 Å². The van der Waals surface area contributed by atoms with Crippen molar-refractivity contribution in [2.45, 2.75) is 19.0 Å². The Morgan fingerprint density at radius 3 is 2.33 bits per heavy atom. The number of rotatable bonds is 1. The van der Waals surface area contributed by atoms with Crippen molar-refractivity contribution in [2.24, 2.45) is 0 Å². The summed E-state index contributed by atoms with van der Waals surface area (Å²) in [5, 5.41) is 0. The first-order valence-electron chi connectivity index (χ1n) is 6.12. The van der Waals surface area contributed by atoms with Gasteiger partial charge in [-0.05, 0) is 36.1 Å². The lowest BCUT2D eigenvalue weighted by atomic mass is 10.0.